The molecular formula is C13H13N3O. The van der Waals surface area contributed by atoms with Gasteiger partial charge in [0, 0.05) is 12.4 Å². The zero-order valence-electron chi connectivity index (χ0n) is 9.79. The zero-order valence-corrected chi connectivity index (χ0v) is 9.79. The third-order valence-electron chi connectivity index (χ3n) is 2.25. The lowest BCUT2D eigenvalue weighted by Gasteiger charge is -2.04. The third-order valence-corrected chi connectivity index (χ3v) is 2.25. The van der Waals surface area contributed by atoms with Gasteiger partial charge in [0.25, 0.3) is 0 Å². The SMILES string of the molecule is COc1ccc(C)cc1/N=C/c1cnccn1. The molecule has 0 fully saturated rings. The highest BCUT2D eigenvalue weighted by molar-refractivity contribution is 5.80. The Hall–Kier alpha value is -2.23. The Bertz CT molecular complexity index is 523. The molecule has 17 heavy (non-hydrogen) atoms. The van der Waals surface area contributed by atoms with E-state index >= 15 is 0 Å². The molecule has 0 aliphatic heterocycles. The minimum absolute atomic E-state index is 0.719. The van der Waals surface area contributed by atoms with Gasteiger partial charge in [-0.2, -0.15) is 0 Å². The molecule has 0 N–H and O–H groups in total. The number of ether oxygens (including phenoxy) is 1. The first-order valence-corrected chi connectivity index (χ1v) is 5.24. The molecule has 2 aromatic rings. The zero-order chi connectivity index (χ0) is 12.1. The second kappa shape index (κ2) is 5.21. The molecule has 1 aromatic heterocycles. The van der Waals surface area contributed by atoms with Crippen LogP contribution in [0.4, 0.5) is 5.69 Å². The summed E-state index contributed by atoms with van der Waals surface area (Å²) >= 11 is 0. The number of nitrogens with zero attached hydrogens (tertiary/aromatic N) is 3. The lowest BCUT2D eigenvalue weighted by atomic mass is 10.2. The number of aromatic nitrogens is 2. The minimum atomic E-state index is 0.719. The lowest BCUT2D eigenvalue weighted by Crippen LogP contribution is -1.88. The average Bonchev–Trinajstić information content (AvgIpc) is 2.38. The van der Waals surface area contributed by atoms with Gasteiger partial charge in [-0.25, -0.2) is 0 Å². The van der Waals surface area contributed by atoms with Crippen LogP contribution in [-0.2, 0) is 0 Å². The first kappa shape index (κ1) is 11.3. The Morgan fingerprint density at radius 1 is 1.29 bits per heavy atom. The van der Waals surface area contributed by atoms with Crippen molar-refractivity contribution in [3.8, 4) is 5.75 Å². The predicted molar refractivity (Wildman–Crippen MR) is 67.0 cm³/mol. The number of hydrogen-bond donors (Lipinski definition) is 0. The van der Waals surface area contributed by atoms with E-state index in [2.05, 4.69) is 15.0 Å². The molecule has 0 atom stereocenters. The molecule has 0 saturated carbocycles. The van der Waals surface area contributed by atoms with Gasteiger partial charge in [0.1, 0.15) is 11.4 Å². The molecular weight excluding hydrogens is 214 g/mol. The van der Waals surface area contributed by atoms with Gasteiger partial charge < -0.3 is 4.74 Å². The van der Waals surface area contributed by atoms with Crippen LogP contribution in [-0.4, -0.2) is 23.3 Å². The van der Waals surface area contributed by atoms with Crippen LogP contribution in [0, 0.1) is 6.92 Å². The standard InChI is InChI=1S/C13H13N3O/c1-10-3-4-13(17-2)12(7-10)16-9-11-8-14-5-6-15-11/h3-9H,1-2H3/b16-9+. The predicted octanol–water partition coefficient (Wildman–Crippen LogP) is 2.54. The van der Waals surface area contributed by atoms with Crippen LogP contribution in [0.25, 0.3) is 0 Å². The molecule has 0 unspecified atom stereocenters. The lowest BCUT2D eigenvalue weighted by molar-refractivity contribution is 0.416. The first-order chi connectivity index (χ1) is 8.29. The average molecular weight is 227 g/mol. The van der Waals surface area contributed by atoms with E-state index in [-0.39, 0.29) is 0 Å². The molecule has 1 aromatic carbocycles. The van der Waals surface area contributed by atoms with Crippen molar-refractivity contribution < 1.29 is 4.74 Å². The van der Waals surface area contributed by atoms with Crippen molar-refractivity contribution in [2.24, 2.45) is 4.99 Å². The molecule has 0 aliphatic rings. The van der Waals surface area contributed by atoms with Gasteiger partial charge in [0.05, 0.1) is 25.2 Å². The smallest absolute Gasteiger partial charge is 0.144 e. The van der Waals surface area contributed by atoms with Gasteiger partial charge in [-0.05, 0) is 24.6 Å². The second-order valence-corrected chi connectivity index (χ2v) is 3.56. The Morgan fingerprint density at radius 2 is 2.18 bits per heavy atom. The molecule has 0 saturated heterocycles. The van der Waals surface area contributed by atoms with E-state index in [0.717, 1.165) is 22.7 Å². The second-order valence-electron chi connectivity index (χ2n) is 3.56. The summed E-state index contributed by atoms with van der Waals surface area (Å²) in [7, 11) is 1.63. The van der Waals surface area contributed by atoms with E-state index in [4.69, 9.17) is 4.74 Å². The summed E-state index contributed by atoms with van der Waals surface area (Å²) in [6, 6.07) is 5.85. The van der Waals surface area contributed by atoms with Crippen LogP contribution in [0.3, 0.4) is 0 Å². The van der Waals surface area contributed by atoms with Crippen LogP contribution in [0.2, 0.25) is 0 Å². The monoisotopic (exact) mass is 227 g/mol. The summed E-state index contributed by atoms with van der Waals surface area (Å²) in [6.07, 6.45) is 6.59. The van der Waals surface area contributed by atoms with E-state index in [9.17, 15) is 0 Å². The molecule has 0 amide bonds. The van der Waals surface area contributed by atoms with Crippen molar-refractivity contribution in [1.29, 1.82) is 0 Å². The van der Waals surface area contributed by atoms with Gasteiger partial charge in [-0.3, -0.25) is 15.0 Å². The number of rotatable bonds is 3. The Balaban J connectivity index is 2.29. The summed E-state index contributed by atoms with van der Waals surface area (Å²) < 4.78 is 5.24. The van der Waals surface area contributed by atoms with Gasteiger partial charge in [-0.1, -0.05) is 6.07 Å². The molecule has 2 rings (SSSR count). The van der Waals surface area contributed by atoms with Crippen LogP contribution < -0.4 is 4.74 Å². The number of hydrogen-bond acceptors (Lipinski definition) is 4. The maximum atomic E-state index is 5.24. The van der Waals surface area contributed by atoms with Crippen molar-refractivity contribution in [2.45, 2.75) is 6.92 Å². The first-order valence-electron chi connectivity index (χ1n) is 5.24. The fourth-order valence-corrected chi connectivity index (χ4v) is 1.41. The van der Waals surface area contributed by atoms with Crippen molar-refractivity contribution in [3.63, 3.8) is 0 Å². The van der Waals surface area contributed by atoms with E-state index in [1.165, 1.54) is 0 Å². The molecule has 0 spiro atoms. The summed E-state index contributed by atoms with van der Waals surface area (Å²) in [4.78, 5) is 12.4. The van der Waals surface area contributed by atoms with Gasteiger partial charge in [-0.15, -0.1) is 0 Å². The van der Waals surface area contributed by atoms with Crippen LogP contribution >= 0.6 is 0 Å². The highest BCUT2D eigenvalue weighted by Crippen LogP contribution is 2.27. The normalized spacial score (nSPS) is 10.7. The molecule has 4 nitrogen and oxygen atoms in total. The third kappa shape index (κ3) is 2.87. The Kier molecular flexibility index (Phi) is 3.45. The van der Waals surface area contributed by atoms with Crippen LogP contribution in [0.5, 0.6) is 5.75 Å². The number of methoxy groups -OCH3 is 1. The molecule has 1 heterocycles. The highest BCUT2D eigenvalue weighted by Gasteiger charge is 2.00. The van der Waals surface area contributed by atoms with Crippen molar-refractivity contribution in [1.82, 2.24) is 9.97 Å². The van der Waals surface area contributed by atoms with Gasteiger partial charge >= 0.3 is 0 Å². The summed E-state index contributed by atoms with van der Waals surface area (Å²) in [5.74, 6) is 0.746. The number of aliphatic imine (C=N–C) groups is 1. The fraction of sp³-hybridized carbons (Fsp3) is 0.154. The van der Waals surface area contributed by atoms with Crippen molar-refractivity contribution >= 4 is 11.9 Å². The molecule has 0 radical (unpaired) electrons. The number of benzene rings is 1. The van der Waals surface area contributed by atoms with E-state index < -0.39 is 0 Å². The summed E-state index contributed by atoms with van der Waals surface area (Å²) in [6.45, 7) is 2.01. The number of aryl methyl sites for hydroxylation is 1. The van der Waals surface area contributed by atoms with E-state index in [1.807, 2.05) is 25.1 Å². The largest absolute Gasteiger partial charge is 0.494 e. The maximum absolute atomic E-state index is 5.24. The Morgan fingerprint density at radius 3 is 2.88 bits per heavy atom. The Labute approximate surface area is 100 Å². The molecule has 4 heteroatoms. The van der Waals surface area contributed by atoms with E-state index in [0.29, 0.717) is 0 Å². The summed E-state index contributed by atoms with van der Waals surface area (Å²) in [5, 5.41) is 0. The van der Waals surface area contributed by atoms with Crippen molar-refractivity contribution in [3.05, 3.63) is 48.0 Å². The minimum Gasteiger partial charge on any atom is -0.494 e. The van der Waals surface area contributed by atoms with Crippen LogP contribution in [0.15, 0.2) is 41.8 Å². The quantitative estimate of drug-likeness (QED) is 0.757. The van der Waals surface area contributed by atoms with Crippen molar-refractivity contribution in [2.75, 3.05) is 7.11 Å². The van der Waals surface area contributed by atoms with Gasteiger partial charge in [0.15, 0.2) is 0 Å². The van der Waals surface area contributed by atoms with Gasteiger partial charge in [0.2, 0.25) is 0 Å². The fourth-order valence-electron chi connectivity index (χ4n) is 1.41. The molecule has 0 aliphatic carbocycles. The molecule has 86 valence electrons. The van der Waals surface area contributed by atoms with Crippen LogP contribution in [0.1, 0.15) is 11.3 Å². The highest BCUT2D eigenvalue weighted by atomic mass is 16.5. The summed E-state index contributed by atoms with van der Waals surface area (Å²) in [5.41, 5.74) is 2.64. The topological polar surface area (TPSA) is 47.4 Å². The maximum Gasteiger partial charge on any atom is 0.144 e. The molecule has 0 bridgehead atoms. The van der Waals surface area contributed by atoms with E-state index in [1.54, 1.807) is 31.9 Å².